The van der Waals surface area contributed by atoms with Gasteiger partial charge in [0.15, 0.2) is 0 Å². The van der Waals surface area contributed by atoms with E-state index in [1.54, 1.807) is 31.7 Å². The third kappa shape index (κ3) is 7.32. The van der Waals surface area contributed by atoms with E-state index in [1.807, 2.05) is 18.7 Å². The highest BCUT2D eigenvalue weighted by Crippen LogP contribution is 2.33. The second-order valence-corrected chi connectivity index (χ2v) is 12.3. The molecule has 0 radical (unpaired) electrons. The van der Waals surface area contributed by atoms with E-state index in [4.69, 9.17) is 9.47 Å². The maximum atomic E-state index is 13.2. The van der Waals surface area contributed by atoms with E-state index in [9.17, 15) is 14.4 Å². The molecular formula is C23H35BrN4O5S. The Labute approximate surface area is 213 Å². The first-order valence-electron chi connectivity index (χ1n) is 11.7. The maximum absolute atomic E-state index is 13.2. The molecule has 3 heterocycles. The van der Waals surface area contributed by atoms with Gasteiger partial charge in [0, 0.05) is 45.3 Å². The van der Waals surface area contributed by atoms with Gasteiger partial charge >= 0.3 is 12.2 Å². The van der Waals surface area contributed by atoms with Crippen molar-refractivity contribution in [2.24, 2.45) is 0 Å². The van der Waals surface area contributed by atoms with Gasteiger partial charge in [-0.2, -0.15) is 0 Å². The number of rotatable bonds is 4. The average Bonchev–Trinajstić information content (AvgIpc) is 3.11. The minimum absolute atomic E-state index is 0.0982. The molecule has 2 fully saturated rings. The molecule has 3 rings (SSSR count). The number of hydrogen-bond donors (Lipinski definition) is 1. The van der Waals surface area contributed by atoms with Crippen LogP contribution in [0, 0.1) is 0 Å². The van der Waals surface area contributed by atoms with Crippen LogP contribution in [0.2, 0.25) is 0 Å². The molecular weight excluding hydrogens is 524 g/mol. The standard InChI is InChI=1S/C23H35BrN4O5S/c1-15(2)32-22(31)28-8-6-16(7-9-28)26-10-12-27(13-11-26)20(29)17-14-18(24)34-19(17)25-21(30)33-23(3,4)5/h14-16H,6-13H2,1-5H3,(H,25,30). The normalized spacial score (nSPS) is 18.2. The quantitative estimate of drug-likeness (QED) is 0.579. The molecule has 2 aliphatic heterocycles. The summed E-state index contributed by atoms with van der Waals surface area (Å²) in [4.78, 5) is 43.6. The molecule has 0 bridgehead atoms. The number of nitrogens with zero attached hydrogens (tertiary/aromatic N) is 3. The molecule has 1 N–H and O–H groups in total. The summed E-state index contributed by atoms with van der Waals surface area (Å²) in [5.41, 5.74) is -0.155. The zero-order valence-electron chi connectivity index (χ0n) is 20.6. The summed E-state index contributed by atoms with van der Waals surface area (Å²) < 4.78 is 11.4. The maximum Gasteiger partial charge on any atom is 0.412 e. The molecule has 3 amide bonds. The van der Waals surface area contributed by atoms with E-state index in [-0.39, 0.29) is 18.1 Å². The number of likely N-dealkylation sites (tertiary alicyclic amines) is 1. The zero-order chi connectivity index (χ0) is 25.0. The van der Waals surface area contributed by atoms with E-state index in [1.165, 1.54) is 11.3 Å². The molecule has 1 aromatic rings. The molecule has 1 aromatic heterocycles. The Morgan fingerprint density at radius 3 is 2.24 bits per heavy atom. The van der Waals surface area contributed by atoms with E-state index >= 15 is 0 Å². The molecule has 34 heavy (non-hydrogen) atoms. The second-order valence-electron chi connectivity index (χ2n) is 9.90. The average molecular weight is 560 g/mol. The Morgan fingerprint density at radius 2 is 1.68 bits per heavy atom. The fourth-order valence-corrected chi connectivity index (χ4v) is 5.64. The highest BCUT2D eigenvalue weighted by atomic mass is 79.9. The van der Waals surface area contributed by atoms with Crippen molar-refractivity contribution in [2.45, 2.75) is 65.2 Å². The third-order valence-corrected chi connectivity index (χ3v) is 7.28. The molecule has 0 aliphatic carbocycles. The minimum atomic E-state index is -0.621. The number of carbonyl (C=O) groups excluding carboxylic acids is 3. The summed E-state index contributed by atoms with van der Waals surface area (Å²) in [5, 5.41) is 3.20. The fraction of sp³-hybridized carbons (Fsp3) is 0.696. The number of ether oxygens (including phenoxy) is 2. The van der Waals surface area contributed by atoms with Crippen LogP contribution < -0.4 is 5.32 Å². The summed E-state index contributed by atoms with van der Waals surface area (Å²) in [5.74, 6) is -0.0982. The van der Waals surface area contributed by atoms with Crippen molar-refractivity contribution in [1.29, 1.82) is 0 Å². The largest absolute Gasteiger partial charge is 0.447 e. The van der Waals surface area contributed by atoms with Crippen LogP contribution >= 0.6 is 27.3 Å². The molecule has 2 saturated heterocycles. The summed E-state index contributed by atoms with van der Waals surface area (Å²) in [6.07, 6.45) is 0.885. The summed E-state index contributed by atoms with van der Waals surface area (Å²) in [6, 6.07) is 2.15. The van der Waals surface area contributed by atoms with Gasteiger partial charge in [0.05, 0.1) is 15.5 Å². The minimum Gasteiger partial charge on any atom is -0.447 e. The molecule has 0 spiro atoms. The van der Waals surface area contributed by atoms with Gasteiger partial charge in [-0.15, -0.1) is 11.3 Å². The van der Waals surface area contributed by atoms with Crippen molar-refractivity contribution in [3.05, 3.63) is 15.4 Å². The van der Waals surface area contributed by atoms with Gasteiger partial charge in [0.25, 0.3) is 5.91 Å². The number of anilines is 1. The third-order valence-electron chi connectivity index (χ3n) is 5.72. The van der Waals surface area contributed by atoms with Gasteiger partial charge in [-0.05, 0) is 69.5 Å². The van der Waals surface area contributed by atoms with E-state index in [0.29, 0.717) is 42.8 Å². The number of piperazine rings is 1. The number of amides is 3. The lowest BCUT2D eigenvalue weighted by Crippen LogP contribution is -2.54. The van der Waals surface area contributed by atoms with Crippen molar-refractivity contribution >= 4 is 50.4 Å². The Kier molecular flexibility index (Phi) is 8.86. The van der Waals surface area contributed by atoms with Crippen LogP contribution in [-0.2, 0) is 9.47 Å². The van der Waals surface area contributed by atoms with Crippen molar-refractivity contribution in [1.82, 2.24) is 14.7 Å². The number of thiophene rings is 1. The summed E-state index contributed by atoms with van der Waals surface area (Å²) in [6.45, 7) is 13.3. The Bertz CT molecular complexity index is 884. The lowest BCUT2D eigenvalue weighted by Gasteiger charge is -2.42. The smallest absolute Gasteiger partial charge is 0.412 e. The van der Waals surface area contributed by atoms with Crippen LogP contribution in [0.1, 0.15) is 57.8 Å². The molecule has 0 atom stereocenters. The van der Waals surface area contributed by atoms with Crippen molar-refractivity contribution in [3.63, 3.8) is 0 Å². The predicted molar refractivity (Wildman–Crippen MR) is 136 cm³/mol. The first kappa shape index (κ1) is 26.7. The van der Waals surface area contributed by atoms with Gasteiger partial charge in [-0.25, -0.2) is 9.59 Å². The number of halogens is 1. The number of carbonyl (C=O) groups is 3. The predicted octanol–water partition coefficient (Wildman–Crippen LogP) is 4.62. The molecule has 190 valence electrons. The van der Waals surface area contributed by atoms with Crippen LogP contribution in [0.3, 0.4) is 0 Å². The summed E-state index contributed by atoms with van der Waals surface area (Å²) in [7, 11) is 0. The molecule has 0 aromatic carbocycles. The summed E-state index contributed by atoms with van der Waals surface area (Å²) >= 11 is 4.72. The van der Waals surface area contributed by atoms with Gasteiger partial charge in [-0.1, -0.05) is 0 Å². The van der Waals surface area contributed by atoms with E-state index < -0.39 is 11.7 Å². The number of hydrogen-bond acceptors (Lipinski definition) is 7. The van der Waals surface area contributed by atoms with Crippen LogP contribution in [0.4, 0.5) is 14.6 Å². The molecule has 2 aliphatic rings. The topological polar surface area (TPSA) is 91.4 Å². The second kappa shape index (κ2) is 11.3. The van der Waals surface area contributed by atoms with Crippen molar-refractivity contribution in [2.75, 3.05) is 44.6 Å². The van der Waals surface area contributed by atoms with Gasteiger partial charge in [-0.3, -0.25) is 15.0 Å². The lowest BCUT2D eigenvalue weighted by atomic mass is 10.0. The number of nitrogens with one attached hydrogen (secondary N) is 1. The lowest BCUT2D eigenvalue weighted by molar-refractivity contribution is 0.0359. The molecule has 11 heteroatoms. The van der Waals surface area contributed by atoms with Crippen molar-refractivity contribution in [3.8, 4) is 0 Å². The first-order chi connectivity index (χ1) is 15.9. The SMILES string of the molecule is CC(C)OC(=O)N1CCC(N2CCN(C(=O)c3cc(Br)sc3NC(=O)OC(C)(C)C)CC2)CC1. The Hall–Kier alpha value is -1.85. The van der Waals surface area contributed by atoms with Gasteiger partial charge in [0.1, 0.15) is 10.6 Å². The van der Waals surface area contributed by atoms with E-state index in [0.717, 1.165) is 29.7 Å². The Balaban J connectivity index is 1.52. The fourth-order valence-electron chi connectivity index (χ4n) is 4.16. The van der Waals surface area contributed by atoms with Crippen molar-refractivity contribution < 1.29 is 23.9 Å². The van der Waals surface area contributed by atoms with Crippen LogP contribution in [0.15, 0.2) is 9.85 Å². The van der Waals surface area contributed by atoms with Crippen LogP contribution in [0.5, 0.6) is 0 Å². The van der Waals surface area contributed by atoms with E-state index in [2.05, 4.69) is 26.1 Å². The molecule has 9 nitrogen and oxygen atoms in total. The van der Waals surface area contributed by atoms with Gasteiger partial charge in [0.2, 0.25) is 0 Å². The highest BCUT2D eigenvalue weighted by Gasteiger charge is 2.32. The van der Waals surface area contributed by atoms with Crippen LogP contribution in [0.25, 0.3) is 0 Å². The molecule has 0 unspecified atom stereocenters. The zero-order valence-corrected chi connectivity index (χ0v) is 23.0. The highest BCUT2D eigenvalue weighted by molar-refractivity contribution is 9.11. The van der Waals surface area contributed by atoms with Gasteiger partial charge < -0.3 is 19.3 Å². The Morgan fingerprint density at radius 1 is 1.06 bits per heavy atom. The number of piperidine rings is 1. The molecule has 0 saturated carbocycles. The monoisotopic (exact) mass is 558 g/mol. The van der Waals surface area contributed by atoms with Crippen LogP contribution in [-0.4, -0.2) is 89.8 Å². The first-order valence-corrected chi connectivity index (χ1v) is 13.3.